The van der Waals surface area contributed by atoms with Gasteiger partial charge in [0, 0.05) is 25.5 Å². The Morgan fingerprint density at radius 1 is 1.18 bits per heavy atom. The molecule has 0 unspecified atom stereocenters. The maximum atomic E-state index is 4.63. The summed E-state index contributed by atoms with van der Waals surface area (Å²) in [6, 6.07) is 10.4. The molecule has 0 saturated carbocycles. The summed E-state index contributed by atoms with van der Waals surface area (Å²) in [6.45, 7) is 7.49. The van der Waals surface area contributed by atoms with Crippen LogP contribution in [0.4, 0.5) is 0 Å². The summed E-state index contributed by atoms with van der Waals surface area (Å²) in [5, 5.41) is 10.8. The summed E-state index contributed by atoms with van der Waals surface area (Å²) in [5.41, 5.74) is 2.45. The zero-order chi connectivity index (χ0) is 15.6. The largest absolute Gasteiger partial charge is 0.357 e. The lowest BCUT2D eigenvalue weighted by Gasteiger charge is -2.10. The molecule has 0 amide bonds. The van der Waals surface area contributed by atoms with Gasteiger partial charge in [0.1, 0.15) is 0 Å². The molecule has 1 aromatic carbocycles. The third kappa shape index (κ3) is 5.24. The number of aromatic nitrogens is 2. The number of hydrogen-bond donors (Lipinski definition) is 2. The number of benzene rings is 1. The van der Waals surface area contributed by atoms with Crippen LogP contribution in [0.25, 0.3) is 0 Å². The zero-order valence-corrected chi connectivity index (χ0v) is 13.4. The van der Waals surface area contributed by atoms with Crippen molar-refractivity contribution in [2.24, 2.45) is 4.99 Å². The summed E-state index contributed by atoms with van der Waals surface area (Å²) in [5.74, 6) is 0.877. The van der Waals surface area contributed by atoms with Crippen molar-refractivity contribution in [2.75, 3.05) is 13.1 Å². The van der Waals surface area contributed by atoms with Crippen LogP contribution in [0.2, 0.25) is 0 Å². The van der Waals surface area contributed by atoms with Crippen molar-refractivity contribution in [3.63, 3.8) is 0 Å². The number of nitrogens with one attached hydrogen (secondary N) is 2. The minimum atomic E-state index is 0.673. The van der Waals surface area contributed by atoms with Gasteiger partial charge in [0.2, 0.25) is 0 Å². The predicted octanol–water partition coefficient (Wildman–Crippen LogP) is 2.40. The second kappa shape index (κ2) is 8.87. The van der Waals surface area contributed by atoms with Gasteiger partial charge in [-0.3, -0.25) is 4.68 Å². The van der Waals surface area contributed by atoms with Crippen molar-refractivity contribution in [2.45, 2.75) is 33.4 Å². The van der Waals surface area contributed by atoms with E-state index in [1.165, 1.54) is 11.1 Å². The maximum absolute atomic E-state index is 4.63. The standard InChI is InChI=1S/C17H25N5/c1-3-9-19-17(18-4-2)20-13-15-7-5-8-16(12-15)14-22-11-6-10-21-22/h5-8,10-12H,3-4,9,13-14H2,1-2H3,(H2,18,19,20). The van der Waals surface area contributed by atoms with E-state index in [4.69, 9.17) is 0 Å². The first-order chi connectivity index (χ1) is 10.8. The molecule has 5 nitrogen and oxygen atoms in total. The van der Waals surface area contributed by atoms with Gasteiger partial charge < -0.3 is 10.6 Å². The molecule has 0 spiro atoms. The van der Waals surface area contributed by atoms with Gasteiger partial charge in [-0.1, -0.05) is 31.2 Å². The molecule has 2 rings (SSSR count). The third-order valence-corrected chi connectivity index (χ3v) is 3.20. The fraction of sp³-hybridized carbons (Fsp3) is 0.412. The Hall–Kier alpha value is -2.30. The van der Waals surface area contributed by atoms with Gasteiger partial charge >= 0.3 is 0 Å². The first-order valence-electron chi connectivity index (χ1n) is 7.89. The van der Waals surface area contributed by atoms with Gasteiger partial charge in [0.05, 0.1) is 13.1 Å². The fourth-order valence-electron chi connectivity index (χ4n) is 2.16. The molecule has 0 atom stereocenters. The summed E-state index contributed by atoms with van der Waals surface area (Å²) in [7, 11) is 0. The molecule has 0 aliphatic heterocycles. The maximum Gasteiger partial charge on any atom is 0.191 e. The molecule has 5 heteroatoms. The van der Waals surface area contributed by atoms with Crippen LogP contribution in [-0.2, 0) is 13.1 Å². The quantitative estimate of drug-likeness (QED) is 0.610. The van der Waals surface area contributed by atoms with E-state index in [1.54, 1.807) is 6.20 Å². The molecule has 1 aromatic heterocycles. The van der Waals surface area contributed by atoms with Crippen molar-refractivity contribution in [1.82, 2.24) is 20.4 Å². The molecule has 0 fully saturated rings. The average molecular weight is 299 g/mol. The Balaban J connectivity index is 1.99. The molecule has 0 aliphatic carbocycles. The molecule has 22 heavy (non-hydrogen) atoms. The molecule has 0 bridgehead atoms. The Bertz CT molecular complexity index is 574. The van der Waals surface area contributed by atoms with Gasteiger partial charge in [-0.2, -0.15) is 5.10 Å². The highest BCUT2D eigenvalue weighted by Gasteiger charge is 1.99. The van der Waals surface area contributed by atoms with E-state index >= 15 is 0 Å². The van der Waals surface area contributed by atoms with Crippen LogP contribution in [0.5, 0.6) is 0 Å². The van der Waals surface area contributed by atoms with E-state index in [0.29, 0.717) is 6.54 Å². The highest BCUT2D eigenvalue weighted by Crippen LogP contribution is 2.08. The molecular weight excluding hydrogens is 274 g/mol. The van der Waals surface area contributed by atoms with E-state index in [-0.39, 0.29) is 0 Å². The Labute approximate surface area is 132 Å². The Morgan fingerprint density at radius 2 is 2.05 bits per heavy atom. The molecular formula is C17H25N5. The normalized spacial score (nSPS) is 11.5. The monoisotopic (exact) mass is 299 g/mol. The first-order valence-corrected chi connectivity index (χ1v) is 7.89. The van der Waals surface area contributed by atoms with Crippen LogP contribution in [0.15, 0.2) is 47.7 Å². The smallest absolute Gasteiger partial charge is 0.191 e. The highest BCUT2D eigenvalue weighted by atomic mass is 15.3. The molecule has 2 aromatic rings. The first kappa shape index (κ1) is 16.1. The Kier molecular flexibility index (Phi) is 6.48. The lowest BCUT2D eigenvalue weighted by atomic mass is 10.1. The van der Waals surface area contributed by atoms with Crippen molar-refractivity contribution >= 4 is 5.96 Å². The molecule has 1 heterocycles. The summed E-state index contributed by atoms with van der Waals surface area (Å²) < 4.78 is 1.93. The van der Waals surface area contributed by atoms with Crippen LogP contribution < -0.4 is 10.6 Å². The molecule has 0 saturated heterocycles. The van der Waals surface area contributed by atoms with E-state index in [2.05, 4.69) is 58.8 Å². The number of aliphatic imine (C=N–C) groups is 1. The average Bonchev–Trinajstić information content (AvgIpc) is 3.03. The summed E-state index contributed by atoms with van der Waals surface area (Å²) in [4.78, 5) is 4.63. The zero-order valence-electron chi connectivity index (χ0n) is 13.4. The van der Waals surface area contributed by atoms with Gasteiger partial charge in [-0.15, -0.1) is 0 Å². The van der Waals surface area contributed by atoms with Gasteiger partial charge in [0.15, 0.2) is 5.96 Å². The molecule has 2 N–H and O–H groups in total. The lowest BCUT2D eigenvalue weighted by Crippen LogP contribution is -2.37. The van der Waals surface area contributed by atoms with Crippen molar-refractivity contribution in [3.8, 4) is 0 Å². The summed E-state index contributed by atoms with van der Waals surface area (Å²) in [6.07, 6.45) is 4.86. The minimum absolute atomic E-state index is 0.673. The van der Waals surface area contributed by atoms with Gasteiger partial charge in [-0.25, -0.2) is 4.99 Å². The van der Waals surface area contributed by atoms with E-state index in [0.717, 1.165) is 32.0 Å². The SMILES string of the molecule is CCCNC(=NCc1cccc(Cn2cccn2)c1)NCC. The molecule has 118 valence electrons. The second-order valence-corrected chi connectivity index (χ2v) is 5.15. The number of hydrogen-bond acceptors (Lipinski definition) is 2. The van der Waals surface area contributed by atoms with Crippen molar-refractivity contribution < 1.29 is 0 Å². The molecule has 0 aliphatic rings. The number of rotatable bonds is 7. The second-order valence-electron chi connectivity index (χ2n) is 5.15. The van der Waals surface area contributed by atoms with Gasteiger partial charge in [-0.05, 0) is 30.5 Å². The van der Waals surface area contributed by atoms with Crippen LogP contribution in [0, 0.1) is 0 Å². The van der Waals surface area contributed by atoms with Crippen LogP contribution in [-0.4, -0.2) is 28.8 Å². The number of nitrogens with zero attached hydrogens (tertiary/aromatic N) is 3. The number of guanidine groups is 1. The predicted molar refractivity (Wildman–Crippen MR) is 90.9 cm³/mol. The van der Waals surface area contributed by atoms with E-state index in [9.17, 15) is 0 Å². The van der Waals surface area contributed by atoms with Crippen molar-refractivity contribution in [3.05, 3.63) is 53.9 Å². The van der Waals surface area contributed by atoms with Crippen LogP contribution in [0.3, 0.4) is 0 Å². The minimum Gasteiger partial charge on any atom is -0.357 e. The third-order valence-electron chi connectivity index (χ3n) is 3.20. The van der Waals surface area contributed by atoms with Crippen molar-refractivity contribution in [1.29, 1.82) is 0 Å². The fourth-order valence-corrected chi connectivity index (χ4v) is 2.16. The van der Waals surface area contributed by atoms with Crippen LogP contribution in [0.1, 0.15) is 31.4 Å². The molecule has 0 radical (unpaired) electrons. The summed E-state index contributed by atoms with van der Waals surface area (Å²) >= 11 is 0. The van der Waals surface area contributed by atoms with E-state index in [1.807, 2.05) is 16.9 Å². The Morgan fingerprint density at radius 3 is 2.77 bits per heavy atom. The lowest BCUT2D eigenvalue weighted by molar-refractivity contribution is 0.686. The highest BCUT2D eigenvalue weighted by molar-refractivity contribution is 5.79. The van der Waals surface area contributed by atoms with Gasteiger partial charge in [0.25, 0.3) is 0 Å². The van der Waals surface area contributed by atoms with E-state index < -0.39 is 0 Å². The topological polar surface area (TPSA) is 54.2 Å². The van der Waals surface area contributed by atoms with Crippen LogP contribution >= 0.6 is 0 Å².